The van der Waals surface area contributed by atoms with Crippen LogP contribution in [-0.4, -0.2) is 47.5 Å². The number of imide groups is 1. The summed E-state index contributed by atoms with van der Waals surface area (Å²) in [7, 11) is 2.01. The lowest BCUT2D eigenvalue weighted by Crippen LogP contribution is -2.47. The Morgan fingerprint density at radius 2 is 1.62 bits per heavy atom. The van der Waals surface area contributed by atoms with Crippen molar-refractivity contribution in [3.05, 3.63) is 0 Å². The molecule has 1 saturated heterocycles. The standard InChI is InChI=1S/C21H39N3O2/c1-18(2)13-9-5-4-8-12-16-23(3)17-24-19(25)21(22-20(24)26)14-10-6-7-11-15-21/h18H,4-17H2,1-3H3,(H,22,26). The van der Waals surface area contributed by atoms with Gasteiger partial charge in [0.15, 0.2) is 0 Å². The normalized spacial score (nSPS) is 20.3. The predicted octanol–water partition coefficient (Wildman–Crippen LogP) is 4.52. The van der Waals surface area contributed by atoms with E-state index in [1.54, 1.807) is 0 Å². The van der Waals surface area contributed by atoms with Gasteiger partial charge in [0.05, 0.1) is 6.67 Å². The van der Waals surface area contributed by atoms with Gasteiger partial charge in [-0.05, 0) is 38.8 Å². The topological polar surface area (TPSA) is 52.6 Å². The fraction of sp³-hybridized carbons (Fsp3) is 0.905. The molecule has 1 heterocycles. The van der Waals surface area contributed by atoms with Gasteiger partial charge in [-0.25, -0.2) is 9.69 Å². The van der Waals surface area contributed by atoms with Crippen LogP contribution >= 0.6 is 0 Å². The number of hydrogen-bond acceptors (Lipinski definition) is 3. The Labute approximate surface area is 159 Å². The van der Waals surface area contributed by atoms with Crippen LogP contribution in [0.1, 0.15) is 90.9 Å². The number of carbonyl (C=O) groups excluding carboxylic acids is 2. The van der Waals surface area contributed by atoms with Gasteiger partial charge >= 0.3 is 6.03 Å². The molecule has 0 aromatic rings. The summed E-state index contributed by atoms with van der Waals surface area (Å²) < 4.78 is 0. The molecule has 0 bridgehead atoms. The van der Waals surface area contributed by atoms with Crippen LogP contribution in [0.25, 0.3) is 0 Å². The van der Waals surface area contributed by atoms with Crippen molar-refractivity contribution in [3.63, 3.8) is 0 Å². The molecule has 1 aliphatic carbocycles. The molecule has 1 aliphatic heterocycles. The van der Waals surface area contributed by atoms with Crippen molar-refractivity contribution in [3.8, 4) is 0 Å². The maximum Gasteiger partial charge on any atom is 0.326 e. The monoisotopic (exact) mass is 365 g/mol. The highest BCUT2D eigenvalue weighted by Gasteiger charge is 2.50. The average Bonchev–Trinajstić information content (AvgIpc) is 2.75. The summed E-state index contributed by atoms with van der Waals surface area (Å²) in [6.07, 6.45) is 13.6. The highest BCUT2D eigenvalue weighted by Crippen LogP contribution is 2.32. The van der Waals surface area contributed by atoms with E-state index in [1.165, 1.54) is 49.8 Å². The second-order valence-corrected chi connectivity index (χ2v) is 8.83. The summed E-state index contributed by atoms with van der Waals surface area (Å²) in [5.41, 5.74) is -0.606. The second kappa shape index (κ2) is 10.3. The summed E-state index contributed by atoms with van der Waals surface area (Å²) in [6.45, 7) is 5.92. The number of urea groups is 1. The fourth-order valence-corrected chi connectivity index (χ4v) is 4.25. The van der Waals surface area contributed by atoms with E-state index in [2.05, 4.69) is 24.1 Å². The van der Waals surface area contributed by atoms with Crippen molar-refractivity contribution < 1.29 is 9.59 Å². The van der Waals surface area contributed by atoms with Gasteiger partial charge < -0.3 is 5.32 Å². The van der Waals surface area contributed by atoms with Crippen LogP contribution in [0.2, 0.25) is 0 Å². The second-order valence-electron chi connectivity index (χ2n) is 8.83. The van der Waals surface area contributed by atoms with Crippen LogP contribution in [0.5, 0.6) is 0 Å². The molecule has 0 radical (unpaired) electrons. The molecule has 0 aromatic heterocycles. The molecule has 2 rings (SSSR count). The van der Waals surface area contributed by atoms with Gasteiger partial charge in [-0.3, -0.25) is 9.69 Å². The molecule has 5 heteroatoms. The molecule has 150 valence electrons. The number of unbranched alkanes of at least 4 members (excludes halogenated alkanes) is 4. The number of nitrogens with zero attached hydrogens (tertiary/aromatic N) is 2. The van der Waals surface area contributed by atoms with E-state index in [1.807, 2.05) is 7.05 Å². The van der Waals surface area contributed by atoms with E-state index in [-0.39, 0.29) is 11.9 Å². The number of carbonyl (C=O) groups is 2. The van der Waals surface area contributed by atoms with Crippen LogP contribution in [0, 0.1) is 5.92 Å². The van der Waals surface area contributed by atoms with E-state index in [9.17, 15) is 9.59 Å². The quantitative estimate of drug-likeness (QED) is 0.457. The zero-order valence-corrected chi connectivity index (χ0v) is 17.2. The van der Waals surface area contributed by atoms with Gasteiger partial charge in [-0.2, -0.15) is 0 Å². The van der Waals surface area contributed by atoms with Gasteiger partial charge in [-0.1, -0.05) is 71.6 Å². The minimum Gasteiger partial charge on any atom is -0.323 e. The molecular weight excluding hydrogens is 326 g/mol. The van der Waals surface area contributed by atoms with Crippen LogP contribution in [0.15, 0.2) is 0 Å². The Morgan fingerprint density at radius 3 is 2.27 bits per heavy atom. The van der Waals surface area contributed by atoms with E-state index in [0.717, 1.165) is 44.6 Å². The maximum absolute atomic E-state index is 12.9. The van der Waals surface area contributed by atoms with Gasteiger partial charge in [0, 0.05) is 0 Å². The van der Waals surface area contributed by atoms with Crippen molar-refractivity contribution in [2.45, 2.75) is 96.4 Å². The Kier molecular flexibility index (Phi) is 8.39. The van der Waals surface area contributed by atoms with Crippen molar-refractivity contribution in [2.24, 2.45) is 5.92 Å². The summed E-state index contributed by atoms with van der Waals surface area (Å²) in [5, 5.41) is 3.02. The van der Waals surface area contributed by atoms with Gasteiger partial charge in [0.25, 0.3) is 5.91 Å². The Morgan fingerprint density at radius 1 is 1.00 bits per heavy atom. The Bertz CT molecular complexity index is 456. The summed E-state index contributed by atoms with van der Waals surface area (Å²) in [5.74, 6) is 0.812. The Hall–Kier alpha value is -1.10. The van der Waals surface area contributed by atoms with E-state index in [0.29, 0.717) is 6.67 Å². The van der Waals surface area contributed by atoms with Crippen molar-refractivity contribution >= 4 is 11.9 Å². The summed E-state index contributed by atoms with van der Waals surface area (Å²) >= 11 is 0. The molecule has 26 heavy (non-hydrogen) atoms. The molecule has 3 amide bonds. The number of nitrogens with one attached hydrogen (secondary N) is 1. The predicted molar refractivity (Wildman–Crippen MR) is 106 cm³/mol. The lowest BCUT2D eigenvalue weighted by atomic mass is 9.90. The molecule has 5 nitrogen and oxygen atoms in total. The Balaban J connectivity index is 1.69. The first-order chi connectivity index (χ1) is 12.4. The summed E-state index contributed by atoms with van der Waals surface area (Å²) in [4.78, 5) is 28.8. The first-order valence-electron chi connectivity index (χ1n) is 10.8. The van der Waals surface area contributed by atoms with Gasteiger partial charge in [0.1, 0.15) is 5.54 Å². The minimum atomic E-state index is -0.606. The van der Waals surface area contributed by atoms with E-state index >= 15 is 0 Å². The third-order valence-corrected chi connectivity index (χ3v) is 5.91. The number of hydrogen-bond donors (Lipinski definition) is 1. The van der Waals surface area contributed by atoms with Crippen molar-refractivity contribution in [1.82, 2.24) is 15.1 Å². The first kappa shape index (κ1) is 21.2. The maximum atomic E-state index is 12.9. The smallest absolute Gasteiger partial charge is 0.323 e. The molecule has 0 atom stereocenters. The third-order valence-electron chi connectivity index (χ3n) is 5.91. The molecule has 1 saturated carbocycles. The van der Waals surface area contributed by atoms with Crippen molar-refractivity contribution in [1.29, 1.82) is 0 Å². The molecule has 1 N–H and O–H groups in total. The lowest BCUT2D eigenvalue weighted by Gasteiger charge is -2.26. The molecular formula is C21H39N3O2. The van der Waals surface area contributed by atoms with Crippen LogP contribution in [0.4, 0.5) is 4.79 Å². The van der Waals surface area contributed by atoms with Gasteiger partial charge in [-0.15, -0.1) is 0 Å². The highest BCUT2D eigenvalue weighted by atomic mass is 16.2. The summed E-state index contributed by atoms with van der Waals surface area (Å²) in [6, 6.07) is -0.197. The van der Waals surface area contributed by atoms with Gasteiger partial charge in [0.2, 0.25) is 0 Å². The van der Waals surface area contributed by atoms with Crippen LogP contribution in [0.3, 0.4) is 0 Å². The zero-order chi connectivity index (χ0) is 19.0. The fourth-order valence-electron chi connectivity index (χ4n) is 4.25. The van der Waals surface area contributed by atoms with E-state index in [4.69, 9.17) is 0 Å². The molecule has 2 aliphatic rings. The SMILES string of the molecule is CC(C)CCCCCCCN(C)CN1C(=O)NC2(CCCCCC2)C1=O. The third kappa shape index (κ3) is 5.97. The van der Waals surface area contributed by atoms with E-state index < -0.39 is 5.54 Å². The molecule has 1 spiro atoms. The lowest BCUT2D eigenvalue weighted by molar-refractivity contribution is -0.133. The van der Waals surface area contributed by atoms with Crippen LogP contribution in [-0.2, 0) is 4.79 Å². The zero-order valence-electron chi connectivity index (χ0n) is 17.2. The minimum absolute atomic E-state index is 0.00457. The average molecular weight is 366 g/mol. The molecule has 2 fully saturated rings. The van der Waals surface area contributed by atoms with Crippen LogP contribution < -0.4 is 5.32 Å². The molecule has 0 aromatic carbocycles. The largest absolute Gasteiger partial charge is 0.326 e. The number of rotatable bonds is 10. The highest BCUT2D eigenvalue weighted by molar-refractivity contribution is 6.07. The first-order valence-corrected chi connectivity index (χ1v) is 10.8. The number of amides is 3. The van der Waals surface area contributed by atoms with Crippen molar-refractivity contribution in [2.75, 3.05) is 20.3 Å². The molecule has 0 unspecified atom stereocenters.